The predicted molar refractivity (Wildman–Crippen MR) is 141 cm³/mol. The molecular formula is C25H30ClFN6O2S. The van der Waals surface area contributed by atoms with E-state index in [-0.39, 0.29) is 30.0 Å². The summed E-state index contributed by atoms with van der Waals surface area (Å²) in [6, 6.07) is 13.1. The molecule has 0 bridgehead atoms. The van der Waals surface area contributed by atoms with E-state index in [1.807, 2.05) is 37.2 Å². The highest BCUT2D eigenvalue weighted by Crippen LogP contribution is 2.51. The Morgan fingerprint density at radius 3 is 2.67 bits per heavy atom. The normalized spacial score (nSPS) is 23.6. The van der Waals surface area contributed by atoms with Gasteiger partial charge in [0.25, 0.3) is 0 Å². The van der Waals surface area contributed by atoms with Gasteiger partial charge in [0, 0.05) is 44.9 Å². The van der Waals surface area contributed by atoms with Gasteiger partial charge in [-0.3, -0.25) is 0 Å². The van der Waals surface area contributed by atoms with Crippen LogP contribution in [-0.2, 0) is 4.74 Å². The molecule has 0 saturated carbocycles. The monoisotopic (exact) mass is 532 g/mol. The van der Waals surface area contributed by atoms with Crippen LogP contribution in [0.5, 0.6) is 0 Å². The van der Waals surface area contributed by atoms with E-state index in [1.165, 1.54) is 6.07 Å². The molecule has 0 radical (unpaired) electrons. The maximum absolute atomic E-state index is 15.0. The molecule has 1 aromatic heterocycles. The third-order valence-corrected chi connectivity index (χ3v) is 7.64. The second-order valence-corrected chi connectivity index (χ2v) is 10.8. The zero-order valence-electron chi connectivity index (χ0n) is 20.2. The van der Waals surface area contributed by atoms with E-state index in [1.54, 1.807) is 6.07 Å². The lowest BCUT2D eigenvalue weighted by atomic mass is 9.76. The molecule has 3 N–H and O–H groups in total. The number of fused-ring (bicyclic) bond motifs is 3. The Morgan fingerprint density at radius 2 is 1.92 bits per heavy atom. The molecule has 2 aliphatic rings. The van der Waals surface area contributed by atoms with Crippen LogP contribution in [0.4, 0.5) is 21.7 Å². The van der Waals surface area contributed by atoms with Gasteiger partial charge in [-0.15, -0.1) is 0 Å². The molecule has 1 fully saturated rings. The Labute approximate surface area is 218 Å². The van der Waals surface area contributed by atoms with Crippen molar-refractivity contribution in [3.05, 3.63) is 64.4 Å². The first-order valence-corrected chi connectivity index (χ1v) is 13.5. The molecule has 36 heavy (non-hydrogen) atoms. The number of hydrogen-bond donors (Lipinski definition) is 3. The van der Waals surface area contributed by atoms with E-state index in [9.17, 15) is 8.94 Å². The van der Waals surface area contributed by atoms with Gasteiger partial charge in [-0.2, -0.15) is 0 Å². The summed E-state index contributed by atoms with van der Waals surface area (Å²) in [7, 11) is 3.97. The van der Waals surface area contributed by atoms with Gasteiger partial charge in [0.2, 0.25) is 11.6 Å². The molecule has 5 atom stereocenters. The van der Waals surface area contributed by atoms with Crippen LogP contribution in [0, 0.1) is 11.7 Å². The summed E-state index contributed by atoms with van der Waals surface area (Å²) in [6.45, 7) is 1.93. The molecule has 2 aromatic carbocycles. The summed E-state index contributed by atoms with van der Waals surface area (Å²) < 4.78 is 41.7. The number of likely N-dealkylation sites (N-methyl/N-ethyl adjacent to an activating group) is 1. The van der Waals surface area contributed by atoms with Crippen LogP contribution >= 0.6 is 22.7 Å². The highest BCUT2D eigenvalue weighted by molar-refractivity contribution is 7.14. The van der Waals surface area contributed by atoms with Gasteiger partial charge >= 0.3 is 0 Å². The van der Waals surface area contributed by atoms with E-state index in [0.717, 1.165) is 30.5 Å². The van der Waals surface area contributed by atoms with Crippen LogP contribution in [0.25, 0.3) is 0 Å². The second kappa shape index (κ2) is 10.9. The molecule has 0 aliphatic carbocycles. The van der Waals surface area contributed by atoms with Crippen molar-refractivity contribution < 1.29 is 13.7 Å². The lowest BCUT2D eigenvalue weighted by Gasteiger charge is -2.45. The fraction of sp³-hybridized carbons (Fsp3) is 0.440. The Bertz CT molecular complexity index is 1200. The Morgan fingerprint density at radius 1 is 1.17 bits per heavy atom. The minimum absolute atomic E-state index is 0.0745. The van der Waals surface area contributed by atoms with E-state index in [2.05, 4.69) is 36.8 Å². The molecule has 3 aromatic rings. The molecule has 5 rings (SSSR count). The number of anilines is 3. The number of nitrogens with zero attached hydrogens (tertiary/aromatic N) is 3. The molecule has 3 heterocycles. The molecule has 11 heteroatoms. The highest BCUT2D eigenvalue weighted by Gasteiger charge is 2.43. The van der Waals surface area contributed by atoms with Gasteiger partial charge in [0.1, 0.15) is 5.82 Å². The zero-order valence-corrected chi connectivity index (χ0v) is 21.8. The standard InChI is InChI=1S/C25H30ClFN6O2S/c1-33(2)11-10-28-24-25(32-36(34)31-24)29-14-17-8-9-18-21(15-6-4-3-5-7-15)30-22-19(23(18)35-17)12-16(26)13-20(22)27/h3-7,12-13,17-18,21,23,30H,8-11,14H2,1-2H3,(H,28,31)(H,29,32)/t17-,18+,21+,23+,36?/m1/s1. The van der Waals surface area contributed by atoms with E-state index < -0.39 is 11.1 Å². The average Bonchev–Trinajstić information content (AvgIpc) is 3.21. The summed E-state index contributed by atoms with van der Waals surface area (Å²) >= 11 is 4.60. The zero-order chi connectivity index (χ0) is 25.2. The predicted octanol–water partition coefficient (Wildman–Crippen LogP) is 5.09. The van der Waals surface area contributed by atoms with Crippen molar-refractivity contribution in [1.29, 1.82) is 0 Å². The quantitative estimate of drug-likeness (QED) is 0.345. The first-order chi connectivity index (χ1) is 17.4. The summed E-state index contributed by atoms with van der Waals surface area (Å²) in [6.07, 6.45) is 1.24. The second-order valence-electron chi connectivity index (χ2n) is 9.53. The van der Waals surface area contributed by atoms with E-state index in [0.29, 0.717) is 35.4 Å². The van der Waals surface area contributed by atoms with Crippen molar-refractivity contribution in [2.24, 2.45) is 5.92 Å². The van der Waals surface area contributed by atoms with Crippen molar-refractivity contribution in [2.45, 2.75) is 31.1 Å². The Hall–Kier alpha value is -2.50. The SMILES string of the molecule is CN(C)CCNc1n[s+]([O-])nc1NC[C@H]1CC[C@@H]2[C@H](O1)c1cc(Cl)cc(F)c1N[C@H]2c1ccccc1. The third-order valence-electron chi connectivity index (χ3n) is 6.74. The Kier molecular flexibility index (Phi) is 7.59. The van der Waals surface area contributed by atoms with Crippen LogP contribution in [0.3, 0.4) is 0 Å². The molecule has 1 unspecified atom stereocenters. The van der Waals surface area contributed by atoms with Crippen LogP contribution < -0.4 is 16.0 Å². The van der Waals surface area contributed by atoms with Crippen molar-refractivity contribution >= 4 is 40.1 Å². The van der Waals surface area contributed by atoms with Crippen molar-refractivity contribution in [3.8, 4) is 0 Å². The molecular weight excluding hydrogens is 503 g/mol. The fourth-order valence-electron chi connectivity index (χ4n) is 5.03. The highest BCUT2D eigenvalue weighted by atomic mass is 35.5. The van der Waals surface area contributed by atoms with Crippen LogP contribution in [-0.4, -0.2) is 58.0 Å². The van der Waals surface area contributed by atoms with Crippen LogP contribution in [0.15, 0.2) is 42.5 Å². The summed E-state index contributed by atoms with van der Waals surface area (Å²) in [5.74, 6) is 0.706. The topological polar surface area (TPSA) is 97.4 Å². The largest absolute Gasteiger partial charge is 0.546 e. The summed E-state index contributed by atoms with van der Waals surface area (Å²) in [4.78, 5) is 2.05. The number of halogens is 2. The molecule has 8 nitrogen and oxygen atoms in total. The molecule has 0 amide bonds. The summed E-state index contributed by atoms with van der Waals surface area (Å²) in [5.41, 5.74) is 2.28. The van der Waals surface area contributed by atoms with Crippen molar-refractivity contribution in [2.75, 3.05) is 49.7 Å². The van der Waals surface area contributed by atoms with Gasteiger partial charge in [-0.05, 0) is 44.6 Å². The average molecular weight is 533 g/mol. The number of rotatable bonds is 8. The van der Waals surface area contributed by atoms with Gasteiger partial charge < -0.3 is 30.1 Å². The number of benzene rings is 2. The van der Waals surface area contributed by atoms with Crippen molar-refractivity contribution in [3.63, 3.8) is 0 Å². The first-order valence-electron chi connectivity index (χ1n) is 12.1. The van der Waals surface area contributed by atoms with Gasteiger partial charge in [0.15, 0.2) is 11.1 Å². The van der Waals surface area contributed by atoms with Crippen LogP contribution in [0.1, 0.15) is 36.1 Å². The molecule has 2 aliphatic heterocycles. The van der Waals surface area contributed by atoms with Gasteiger partial charge in [-0.1, -0.05) is 41.9 Å². The molecule has 1 saturated heterocycles. The smallest absolute Gasteiger partial charge is 0.232 e. The molecule has 0 spiro atoms. The minimum Gasteiger partial charge on any atom is -0.546 e. The number of aromatic nitrogens is 2. The third kappa shape index (κ3) is 5.42. The fourth-order valence-corrected chi connectivity index (χ4v) is 5.90. The number of ether oxygens (including phenoxy) is 1. The number of nitrogens with one attached hydrogen (secondary N) is 3. The molecule has 192 valence electrons. The summed E-state index contributed by atoms with van der Waals surface area (Å²) in [5, 5.41) is 10.2. The lowest BCUT2D eigenvalue weighted by Crippen LogP contribution is -2.41. The van der Waals surface area contributed by atoms with Crippen molar-refractivity contribution in [1.82, 2.24) is 13.6 Å². The maximum Gasteiger partial charge on any atom is 0.232 e. The minimum atomic E-state index is -1.64. The van der Waals surface area contributed by atoms with Gasteiger partial charge in [-0.25, -0.2) is 4.39 Å². The number of hydrogen-bond acceptors (Lipinski definition) is 8. The Balaban J connectivity index is 1.33. The van der Waals surface area contributed by atoms with E-state index in [4.69, 9.17) is 16.3 Å². The maximum atomic E-state index is 15.0. The lowest BCUT2D eigenvalue weighted by molar-refractivity contribution is -0.0873. The van der Waals surface area contributed by atoms with Gasteiger partial charge in [0.05, 0.1) is 23.9 Å². The van der Waals surface area contributed by atoms with E-state index >= 15 is 0 Å². The van der Waals surface area contributed by atoms with Crippen LogP contribution in [0.2, 0.25) is 5.02 Å². The first kappa shape index (κ1) is 25.2.